The Morgan fingerprint density at radius 2 is 2.00 bits per heavy atom. The van der Waals surface area contributed by atoms with Gasteiger partial charge in [0.05, 0.1) is 5.69 Å². The van der Waals surface area contributed by atoms with Crippen molar-refractivity contribution in [1.29, 1.82) is 0 Å². The summed E-state index contributed by atoms with van der Waals surface area (Å²) in [6, 6.07) is 14.7. The van der Waals surface area contributed by atoms with E-state index in [4.69, 9.17) is 10.7 Å². The van der Waals surface area contributed by atoms with Crippen molar-refractivity contribution in [3.8, 4) is 11.3 Å². The lowest BCUT2D eigenvalue weighted by Crippen LogP contribution is -2.39. The van der Waals surface area contributed by atoms with Gasteiger partial charge in [-0.05, 0) is 43.2 Å². The minimum Gasteiger partial charge on any atom is -0.366 e. The number of benzene rings is 1. The smallest absolute Gasteiger partial charge is 0.271 e. The van der Waals surface area contributed by atoms with Gasteiger partial charge >= 0.3 is 0 Å². The van der Waals surface area contributed by atoms with E-state index in [0.717, 1.165) is 36.3 Å². The molecule has 7 heteroatoms. The van der Waals surface area contributed by atoms with Gasteiger partial charge in [-0.1, -0.05) is 18.2 Å². The maximum absolute atomic E-state index is 12.6. The van der Waals surface area contributed by atoms with Crippen molar-refractivity contribution < 1.29 is 9.59 Å². The molecule has 1 fully saturated rings. The van der Waals surface area contributed by atoms with Gasteiger partial charge in [-0.2, -0.15) is 5.10 Å². The number of nitrogens with two attached hydrogens (primary N) is 1. The molecule has 1 saturated heterocycles. The molecule has 3 N–H and O–H groups in total. The maximum Gasteiger partial charge on any atom is 0.271 e. The van der Waals surface area contributed by atoms with Gasteiger partial charge in [0.25, 0.3) is 5.91 Å². The van der Waals surface area contributed by atoms with Gasteiger partial charge in [-0.15, -0.1) is 0 Å². The summed E-state index contributed by atoms with van der Waals surface area (Å²) in [7, 11) is 0. The second-order valence-corrected chi connectivity index (χ2v) is 6.95. The van der Waals surface area contributed by atoms with E-state index in [2.05, 4.69) is 10.2 Å². The van der Waals surface area contributed by atoms with Crippen LogP contribution >= 0.6 is 0 Å². The largest absolute Gasteiger partial charge is 0.366 e. The molecule has 1 unspecified atom stereocenters. The summed E-state index contributed by atoms with van der Waals surface area (Å²) in [5.41, 5.74) is 8.93. The fraction of sp³-hybridized carbons (Fsp3) is 0.238. The third-order valence-electron chi connectivity index (χ3n) is 5.07. The number of aromatic nitrogens is 3. The predicted molar refractivity (Wildman–Crippen MR) is 105 cm³/mol. The van der Waals surface area contributed by atoms with Crippen LogP contribution in [0.15, 0.2) is 54.7 Å². The molecule has 4 rings (SSSR count). The van der Waals surface area contributed by atoms with Crippen LogP contribution in [0.1, 0.15) is 45.3 Å². The van der Waals surface area contributed by atoms with Crippen LogP contribution in [0.25, 0.3) is 11.3 Å². The first-order valence-corrected chi connectivity index (χ1v) is 9.27. The van der Waals surface area contributed by atoms with Gasteiger partial charge in [0.15, 0.2) is 0 Å². The highest BCUT2D eigenvalue weighted by atomic mass is 16.2. The molecule has 28 heavy (non-hydrogen) atoms. The number of H-pyrrole nitrogens is 1. The van der Waals surface area contributed by atoms with Crippen molar-refractivity contribution in [3.63, 3.8) is 0 Å². The number of pyridine rings is 1. The fourth-order valence-corrected chi connectivity index (χ4v) is 3.62. The van der Waals surface area contributed by atoms with E-state index >= 15 is 0 Å². The summed E-state index contributed by atoms with van der Waals surface area (Å²) in [6.45, 7) is 1.35. The van der Waals surface area contributed by atoms with E-state index in [-0.39, 0.29) is 11.8 Å². The third kappa shape index (κ3) is 3.64. The second-order valence-electron chi connectivity index (χ2n) is 6.95. The van der Waals surface area contributed by atoms with Crippen LogP contribution in [0, 0.1) is 0 Å². The number of primary amides is 1. The van der Waals surface area contributed by atoms with Crippen molar-refractivity contribution in [2.75, 3.05) is 13.1 Å². The summed E-state index contributed by atoms with van der Waals surface area (Å²) in [6.07, 6.45) is 3.48. The van der Waals surface area contributed by atoms with Gasteiger partial charge in [0.1, 0.15) is 5.69 Å². The number of hydrogen-bond acceptors (Lipinski definition) is 4. The maximum atomic E-state index is 12.6. The van der Waals surface area contributed by atoms with E-state index in [1.807, 2.05) is 29.2 Å². The van der Waals surface area contributed by atoms with Crippen LogP contribution in [0.5, 0.6) is 0 Å². The number of hydrogen-bond donors (Lipinski definition) is 2. The van der Waals surface area contributed by atoms with Crippen molar-refractivity contribution >= 4 is 11.8 Å². The minimum absolute atomic E-state index is 0.0347. The van der Waals surface area contributed by atoms with Crippen molar-refractivity contribution in [2.45, 2.75) is 18.8 Å². The van der Waals surface area contributed by atoms with Crippen LogP contribution in [0.3, 0.4) is 0 Å². The number of aromatic amines is 1. The molecule has 0 bridgehead atoms. The van der Waals surface area contributed by atoms with E-state index in [0.29, 0.717) is 17.8 Å². The molecule has 2 amide bonds. The fourth-order valence-electron chi connectivity index (χ4n) is 3.62. The normalized spacial score (nSPS) is 16.7. The lowest BCUT2D eigenvalue weighted by molar-refractivity contribution is 0.0699. The Labute approximate surface area is 162 Å². The number of rotatable bonds is 4. The standard InChI is InChI=1S/C21H21N5O2/c22-20(27)15-5-1-4-14(12-15)17-7-2-8-18(24-17)16-6-3-11-26(13-16)21(28)19-9-10-23-25-19/h1-2,4-5,7-10,12,16H,3,6,11,13H2,(H2,22,27)(H,23,25). The number of nitrogens with zero attached hydrogens (tertiary/aromatic N) is 3. The number of likely N-dealkylation sites (tertiary alicyclic amines) is 1. The highest BCUT2D eigenvalue weighted by Crippen LogP contribution is 2.28. The van der Waals surface area contributed by atoms with E-state index in [1.54, 1.807) is 30.5 Å². The summed E-state index contributed by atoms with van der Waals surface area (Å²) in [5, 5.41) is 6.60. The molecule has 1 aliphatic heterocycles. The number of carbonyl (C=O) groups is 2. The molecule has 0 aliphatic carbocycles. The second kappa shape index (κ2) is 7.64. The van der Waals surface area contributed by atoms with Gasteiger partial charge in [0, 0.05) is 42.0 Å². The van der Waals surface area contributed by atoms with Gasteiger partial charge in [-0.25, -0.2) is 0 Å². The molecule has 1 atom stereocenters. The summed E-state index contributed by atoms with van der Waals surface area (Å²) >= 11 is 0. The Morgan fingerprint density at radius 3 is 2.79 bits per heavy atom. The first-order valence-electron chi connectivity index (χ1n) is 9.27. The third-order valence-corrected chi connectivity index (χ3v) is 5.07. The molecule has 0 spiro atoms. The van der Waals surface area contributed by atoms with Crippen LogP contribution in [0.2, 0.25) is 0 Å². The molecule has 2 aromatic heterocycles. The Hall–Kier alpha value is -3.48. The minimum atomic E-state index is -0.460. The number of nitrogens with one attached hydrogen (secondary N) is 1. The highest BCUT2D eigenvalue weighted by molar-refractivity contribution is 5.94. The average molecular weight is 375 g/mol. The predicted octanol–water partition coefficient (Wildman–Crippen LogP) is 2.59. The number of carbonyl (C=O) groups excluding carboxylic acids is 2. The topological polar surface area (TPSA) is 105 Å². The van der Waals surface area contributed by atoms with E-state index in [9.17, 15) is 9.59 Å². The lowest BCUT2D eigenvalue weighted by Gasteiger charge is -2.32. The number of piperidine rings is 1. The summed E-state index contributed by atoms with van der Waals surface area (Å²) in [4.78, 5) is 30.7. The summed E-state index contributed by atoms with van der Waals surface area (Å²) < 4.78 is 0. The van der Waals surface area contributed by atoms with E-state index < -0.39 is 5.91 Å². The quantitative estimate of drug-likeness (QED) is 0.731. The number of amides is 2. The van der Waals surface area contributed by atoms with Crippen molar-refractivity contribution in [3.05, 3.63) is 71.7 Å². The Morgan fingerprint density at radius 1 is 1.14 bits per heavy atom. The van der Waals surface area contributed by atoms with Crippen LogP contribution in [-0.2, 0) is 0 Å². The molecule has 0 radical (unpaired) electrons. The molecule has 3 heterocycles. The van der Waals surface area contributed by atoms with E-state index in [1.165, 1.54) is 0 Å². The van der Waals surface area contributed by atoms with Crippen molar-refractivity contribution in [2.24, 2.45) is 5.73 Å². The first-order chi connectivity index (χ1) is 13.6. The SMILES string of the molecule is NC(=O)c1cccc(-c2cccc(C3CCCN(C(=O)c4ccn[nH]4)C3)n2)c1. The van der Waals surface area contributed by atoms with Gasteiger partial charge < -0.3 is 10.6 Å². The van der Waals surface area contributed by atoms with Crippen LogP contribution in [0.4, 0.5) is 0 Å². The van der Waals surface area contributed by atoms with Crippen LogP contribution in [-0.4, -0.2) is 45.0 Å². The Kier molecular flexibility index (Phi) is 4.89. The zero-order chi connectivity index (χ0) is 19.5. The lowest BCUT2D eigenvalue weighted by atomic mass is 9.93. The zero-order valence-electron chi connectivity index (χ0n) is 15.3. The van der Waals surface area contributed by atoms with Gasteiger partial charge in [0.2, 0.25) is 5.91 Å². The molecule has 1 aliphatic rings. The molecular weight excluding hydrogens is 354 g/mol. The Bertz CT molecular complexity index is 1000. The van der Waals surface area contributed by atoms with Crippen molar-refractivity contribution in [1.82, 2.24) is 20.1 Å². The first kappa shape index (κ1) is 17.9. The molecule has 0 saturated carbocycles. The molecule has 7 nitrogen and oxygen atoms in total. The monoisotopic (exact) mass is 375 g/mol. The Balaban J connectivity index is 1.56. The molecule has 3 aromatic rings. The van der Waals surface area contributed by atoms with Crippen LogP contribution < -0.4 is 5.73 Å². The highest BCUT2D eigenvalue weighted by Gasteiger charge is 2.27. The van der Waals surface area contributed by atoms with Gasteiger partial charge in [-0.3, -0.25) is 19.7 Å². The molecule has 142 valence electrons. The average Bonchev–Trinajstić information content (AvgIpc) is 3.28. The molecule has 1 aromatic carbocycles. The zero-order valence-corrected chi connectivity index (χ0v) is 15.3. The summed E-state index contributed by atoms with van der Waals surface area (Å²) in [5.74, 6) is -0.328. The molecular formula is C21H21N5O2.